The van der Waals surface area contributed by atoms with Crippen molar-refractivity contribution in [3.05, 3.63) is 28.0 Å². The monoisotopic (exact) mass is 360 g/mol. The van der Waals surface area contributed by atoms with Gasteiger partial charge in [0.25, 0.3) is 5.91 Å². The molecule has 8 nitrogen and oxygen atoms in total. The molecule has 1 N–H and O–H groups in total. The van der Waals surface area contributed by atoms with Crippen molar-refractivity contribution in [1.82, 2.24) is 29.6 Å². The summed E-state index contributed by atoms with van der Waals surface area (Å²) in [5.74, 6) is 0.0729. The minimum Gasteiger partial charge on any atom is -0.353 e. The molecule has 0 radical (unpaired) electrons. The largest absolute Gasteiger partial charge is 0.353 e. The molecule has 0 unspecified atom stereocenters. The summed E-state index contributed by atoms with van der Waals surface area (Å²) in [7, 11) is 0. The number of nitrogens with zero attached hydrogens (tertiary/aromatic N) is 5. The van der Waals surface area contributed by atoms with Gasteiger partial charge in [0.15, 0.2) is 0 Å². The number of carbonyl (C=O) groups excluding carboxylic acids is 2. The summed E-state index contributed by atoms with van der Waals surface area (Å²) in [5, 5.41) is 11.5. The fourth-order valence-electron chi connectivity index (χ4n) is 2.96. The van der Waals surface area contributed by atoms with Crippen LogP contribution >= 0.6 is 11.5 Å². The fourth-order valence-corrected chi connectivity index (χ4v) is 3.59. The Morgan fingerprint density at radius 1 is 1.36 bits per heavy atom. The molecule has 0 spiro atoms. The minimum atomic E-state index is -0.0229. The topological polar surface area (TPSA) is 93.0 Å². The standard InChI is InChI=1S/C16H20N6O2S/c1-10-15(25-20-18-10)16(24)21-6-7-22-13(9-21)8-12(19-22)4-5-14(23)17-11-2-3-11/h8,11H,2-7,9H2,1H3,(H,17,23). The molecule has 1 aliphatic heterocycles. The Morgan fingerprint density at radius 3 is 2.92 bits per heavy atom. The zero-order chi connectivity index (χ0) is 17.4. The van der Waals surface area contributed by atoms with Gasteiger partial charge in [0.1, 0.15) is 4.88 Å². The average Bonchev–Trinajstić information content (AvgIpc) is 3.15. The lowest BCUT2D eigenvalue weighted by Gasteiger charge is -2.27. The van der Waals surface area contributed by atoms with Gasteiger partial charge in [0, 0.05) is 25.4 Å². The number of aryl methyl sites for hydroxylation is 2. The van der Waals surface area contributed by atoms with Crippen LogP contribution in [0.2, 0.25) is 0 Å². The van der Waals surface area contributed by atoms with Gasteiger partial charge in [0.05, 0.1) is 30.2 Å². The number of fused-ring (bicyclic) bond motifs is 1. The fraction of sp³-hybridized carbons (Fsp3) is 0.562. The van der Waals surface area contributed by atoms with Crippen LogP contribution in [-0.2, 0) is 24.3 Å². The molecular weight excluding hydrogens is 340 g/mol. The summed E-state index contributed by atoms with van der Waals surface area (Å²) in [6.07, 6.45) is 3.29. The predicted molar refractivity (Wildman–Crippen MR) is 91.1 cm³/mol. The predicted octanol–water partition coefficient (Wildman–Crippen LogP) is 0.910. The maximum absolute atomic E-state index is 12.6. The third-order valence-corrected chi connectivity index (χ3v) is 5.35. The van der Waals surface area contributed by atoms with Crippen LogP contribution in [0.15, 0.2) is 6.07 Å². The van der Waals surface area contributed by atoms with Gasteiger partial charge in [0.2, 0.25) is 5.91 Å². The molecular formula is C16H20N6O2S. The Morgan fingerprint density at radius 2 is 2.20 bits per heavy atom. The quantitative estimate of drug-likeness (QED) is 0.855. The first-order valence-electron chi connectivity index (χ1n) is 8.53. The molecule has 1 aliphatic carbocycles. The Balaban J connectivity index is 1.38. The molecule has 1 fully saturated rings. The Labute approximate surface area is 149 Å². The van der Waals surface area contributed by atoms with E-state index in [1.165, 1.54) is 0 Å². The van der Waals surface area contributed by atoms with Crippen LogP contribution in [-0.4, -0.2) is 48.7 Å². The lowest BCUT2D eigenvalue weighted by Crippen LogP contribution is -2.38. The van der Waals surface area contributed by atoms with E-state index < -0.39 is 0 Å². The van der Waals surface area contributed by atoms with Crippen LogP contribution in [0.1, 0.15) is 46.0 Å². The number of hydrogen-bond donors (Lipinski definition) is 1. The second-order valence-corrected chi connectivity index (χ2v) is 7.36. The van der Waals surface area contributed by atoms with Crippen molar-refractivity contribution in [3.8, 4) is 0 Å². The summed E-state index contributed by atoms with van der Waals surface area (Å²) >= 11 is 1.14. The highest BCUT2D eigenvalue weighted by molar-refractivity contribution is 7.07. The molecule has 0 aromatic carbocycles. The number of amides is 2. The molecule has 0 bridgehead atoms. The zero-order valence-electron chi connectivity index (χ0n) is 14.1. The molecule has 132 valence electrons. The van der Waals surface area contributed by atoms with Crippen molar-refractivity contribution < 1.29 is 9.59 Å². The lowest BCUT2D eigenvalue weighted by atomic mass is 10.2. The van der Waals surface area contributed by atoms with Crippen molar-refractivity contribution >= 4 is 23.3 Å². The van der Waals surface area contributed by atoms with Gasteiger partial charge in [-0.25, -0.2) is 0 Å². The smallest absolute Gasteiger partial charge is 0.267 e. The van der Waals surface area contributed by atoms with Gasteiger partial charge in [-0.1, -0.05) is 4.49 Å². The highest BCUT2D eigenvalue weighted by Crippen LogP contribution is 2.20. The number of carbonyl (C=O) groups is 2. The number of aromatic nitrogens is 4. The summed E-state index contributed by atoms with van der Waals surface area (Å²) in [4.78, 5) is 26.8. The van der Waals surface area contributed by atoms with Crippen molar-refractivity contribution in [2.45, 2.75) is 51.7 Å². The third kappa shape index (κ3) is 3.55. The van der Waals surface area contributed by atoms with E-state index in [-0.39, 0.29) is 11.8 Å². The Kier molecular flexibility index (Phi) is 4.24. The molecule has 2 aromatic rings. The molecule has 0 atom stereocenters. The molecule has 9 heteroatoms. The number of rotatable bonds is 5. The van der Waals surface area contributed by atoms with Crippen LogP contribution in [0.4, 0.5) is 0 Å². The first-order valence-corrected chi connectivity index (χ1v) is 9.30. The van der Waals surface area contributed by atoms with Crippen LogP contribution in [0.3, 0.4) is 0 Å². The van der Waals surface area contributed by atoms with E-state index in [0.29, 0.717) is 49.1 Å². The first-order chi connectivity index (χ1) is 12.1. The normalized spacial score (nSPS) is 16.6. The second-order valence-electron chi connectivity index (χ2n) is 6.61. The molecule has 0 saturated heterocycles. The third-order valence-electron chi connectivity index (χ3n) is 4.53. The molecule has 2 amide bonds. The van der Waals surface area contributed by atoms with Crippen LogP contribution < -0.4 is 5.32 Å². The van der Waals surface area contributed by atoms with E-state index in [1.807, 2.05) is 15.6 Å². The molecule has 25 heavy (non-hydrogen) atoms. The summed E-state index contributed by atoms with van der Waals surface area (Å²) in [6, 6.07) is 2.40. The number of nitrogens with one attached hydrogen (secondary N) is 1. The SMILES string of the molecule is Cc1nnsc1C(=O)N1CCn2nc(CCC(=O)NC3CC3)cc2C1. The van der Waals surface area contributed by atoms with Gasteiger partial charge in [-0.15, -0.1) is 5.10 Å². The number of hydrogen-bond acceptors (Lipinski definition) is 6. The van der Waals surface area contributed by atoms with Crippen molar-refractivity contribution in [3.63, 3.8) is 0 Å². The zero-order valence-corrected chi connectivity index (χ0v) is 14.9. The molecule has 1 saturated carbocycles. The summed E-state index contributed by atoms with van der Waals surface area (Å²) in [6.45, 7) is 3.61. The molecule has 2 aliphatic rings. The van der Waals surface area contributed by atoms with Crippen LogP contribution in [0.25, 0.3) is 0 Å². The average molecular weight is 360 g/mol. The van der Waals surface area contributed by atoms with Crippen LogP contribution in [0, 0.1) is 6.92 Å². The van der Waals surface area contributed by atoms with Crippen LogP contribution in [0.5, 0.6) is 0 Å². The molecule has 2 aromatic heterocycles. The van der Waals surface area contributed by atoms with Gasteiger partial charge in [-0.05, 0) is 37.4 Å². The van der Waals surface area contributed by atoms with Gasteiger partial charge in [-0.2, -0.15) is 5.10 Å². The highest BCUT2D eigenvalue weighted by atomic mass is 32.1. The van der Waals surface area contributed by atoms with Gasteiger partial charge >= 0.3 is 0 Å². The maximum Gasteiger partial charge on any atom is 0.267 e. The van der Waals surface area contributed by atoms with E-state index in [0.717, 1.165) is 35.8 Å². The first kappa shape index (κ1) is 16.2. The van der Waals surface area contributed by atoms with E-state index in [2.05, 4.69) is 20.0 Å². The summed E-state index contributed by atoms with van der Waals surface area (Å²) < 4.78 is 5.78. The van der Waals surface area contributed by atoms with E-state index in [4.69, 9.17) is 0 Å². The van der Waals surface area contributed by atoms with Gasteiger partial charge < -0.3 is 10.2 Å². The lowest BCUT2D eigenvalue weighted by molar-refractivity contribution is -0.121. The van der Waals surface area contributed by atoms with Gasteiger partial charge in [-0.3, -0.25) is 14.3 Å². The van der Waals surface area contributed by atoms with Crippen molar-refractivity contribution in [1.29, 1.82) is 0 Å². The van der Waals surface area contributed by atoms with E-state index >= 15 is 0 Å². The maximum atomic E-state index is 12.6. The van der Waals surface area contributed by atoms with Crippen molar-refractivity contribution in [2.24, 2.45) is 0 Å². The Bertz CT molecular complexity index is 809. The van der Waals surface area contributed by atoms with E-state index in [9.17, 15) is 9.59 Å². The molecule has 3 heterocycles. The molecule has 4 rings (SSSR count). The summed E-state index contributed by atoms with van der Waals surface area (Å²) in [5.41, 5.74) is 2.59. The second kappa shape index (κ2) is 6.55. The highest BCUT2D eigenvalue weighted by Gasteiger charge is 2.26. The van der Waals surface area contributed by atoms with E-state index in [1.54, 1.807) is 6.92 Å². The Hall–Kier alpha value is -2.29. The van der Waals surface area contributed by atoms with Crippen molar-refractivity contribution in [2.75, 3.05) is 6.54 Å². The minimum absolute atomic E-state index is 0.0229.